The van der Waals surface area contributed by atoms with Gasteiger partial charge in [0.25, 0.3) is 0 Å². The van der Waals surface area contributed by atoms with Crippen molar-refractivity contribution in [2.75, 3.05) is 12.8 Å². The number of carbonyl (C=O) groups is 2. The van der Waals surface area contributed by atoms with Gasteiger partial charge in [0.05, 0.1) is 19.8 Å². The van der Waals surface area contributed by atoms with E-state index in [-0.39, 0.29) is 42.7 Å². The molecule has 0 aromatic heterocycles. The summed E-state index contributed by atoms with van der Waals surface area (Å²) >= 11 is 0. The van der Waals surface area contributed by atoms with Crippen molar-refractivity contribution in [2.45, 2.75) is 53.7 Å². The SMILES string of the molecule is CC(C)C[C@H](NP(=O)([O-])CNC(=O)OCc1ccccc1)C(=O)NCC(C)(C)C.[Li+]. The summed E-state index contributed by atoms with van der Waals surface area (Å²) in [6.45, 7) is 10.2. The second kappa shape index (κ2) is 13.2. The van der Waals surface area contributed by atoms with Crippen molar-refractivity contribution in [1.29, 1.82) is 0 Å². The van der Waals surface area contributed by atoms with E-state index in [1.165, 1.54) is 0 Å². The second-order valence-electron chi connectivity index (χ2n) is 8.66. The molecule has 0 radical (unpaired) electrons. The van der Waals surface area contributed by atoms with Crippen molar-refractivity contribution in [3.8, 4) is 0 Å². The van der Waals surface area contributed by atoms with E-state index in [0.29, 0.717) is 13.0 Å². The van der Waals surface area contributed by atoms with Crippen LogP contribution in [0, 0.1) is 11.3 Å². The Kier molecular flexibility index (Phi) is 12.6. The molecule has 0 saturated carbocycles. The largest absolute Gasteiger partial charge is 1.00 e. The minimum absolute atomic E-state index is 0. The molecule has 0 aliphatic rings. The summed E-state index contributed by atoms with van der Waals surface area (Å²) in [5.41, 5.74) is 0.669. The number of hydrogen-bond acceptors (Lipinski definition) is 5. The normalized spacial score (nSPS) is 14.2. The maximum Gasteiger partial charge on any atom is 1.00 e. The van der Waals surface area contributed by atoms with Crippen LogP contribution in [0.1, 0.15) is 46.6 Å². The summed E-state index contributed by atoms with van der Waals surface area (Å²) in [4.78, 5) is 36.6. The quantitative estimate of drug-likeness (QED) is 0.341. The van der Waals surface area contributed by atoms with E-state index in [2.05, 4.69) is 15.7 Å². The van der Waals surface area contributed by atoms with Gasteiger partial charge in [-0.05, 0) is 23.3 Å². The fraction of sp³-hybridized carbons (Fsp3) is 0.600. The molecule has 164 valence electrons. The third-order valence-corrected chi connectivity index (χ3v) is 5.09. The zero-order chi connectivity index (χ0) is 22.1. The fourth-order valence-electron chi connectivity index (χ4n) is 2.39. The molecule has 1 unspecified atom stereocenters. The number of rotatable bonds is 10. The second-order valence-corrected chi connectivity index (χ2v) is 10.6. The molecular weight excluding hydrogens is 400 g/mol. The molecule has 1 aromatic carbocycles. The van der Waals surface area contributed by atoms with Crippen LogP contribution in [0.2, 0.25) is 0 Å². The number of benzene rings is 1. The average Bonchev–Trinajstić information content (AvgIpc) is 2.62. The molecule has 0 fully saturated rings. The molecule has 2 amide bonds. The Bertz CT molecular complexity index is 710. The fourth-order valence-corrected chi connectivity index (χ4v) is 3.52. The molecule has 3 N–H and O–H groups in total. The monoisotopic (exact) mass is 433 g/mol. The first-order valence-corrected chi connectivity index (χ1v) is 11.5. The maximum atomic E-state index is 12.5. The van der Waals surface area contributed by atoms with Crippen LogP contribution in [0.3, 0.4) is 0 Å². The van der Waals surface area contributed by atoms with Gasteiger partial charge < -0.3 is 24.8 Å². The van der Waals surface area contributed by atoms with Crippen LogP contribution in [0.15, 0.2) is 30.3 Å². The zero-order valence-corrected chi connectivity index (χ0v) is 19.8. The van der Waals surface area contributed by atoms with Crippen LogP contribution in [0.25, 0.3) is 0 Å². The third-order valence-electron chi connectivity index (χ3n) is 3.81. The van der Waals surface area contributed by atoms with Gasteiger partial charge in [-0.3, -0.25) is 9.88 Å². The van der Waals surface area contributed by atoms with Gasteiger partial charge in [0.2, 0.25) is 5.91 Å². The minimum Gasteiger partial charge on any atom is -0.787 e. The molecule has 1 rings (SSSR count). The van der Waals surface area contributed by atoms with Crippen LogP contribution in [0.4, 0.5) is 4.79 Å². The van der Waals surface area contributed by atoms with E-state index in [9.17, 15) is 19.0 Å². The molecule has 0 bridgehead atoms. The Morgan fingerprint density at radius 3 is 2.27 bits per heavy atom. The van der Waals surface area contributed by atoms with Crippen molar-refractivity contribution in [2.24, 2.45) is 11.3 Å². The number of nitrogens with one attached hydrogen (secondary N) is 3. The number of amides is 2. The van der Waals surface area contributed by atoms with Gasteiger partial charge in [0, 0.05) is 6.54 Å². The van der Waals surface area contributed by atoms with Crippen molar-refractivity contribution < 1.29 is 42.6 Å². The average molecular weight is 433 g/mol. The molecule has 0 aliphatic heterocycles. The van der Waals surface area contributed by atoms with Crippen LogP contribution >= 0.6 is 7.52 Å². The molecule has 1 aromatic rings. The van der Waals surface area contributed by atoms with E-state index in [1.54, 1.807) is 12.1 Å². The minimum atomic E-state index is -4.25. The summed E-state index contributed by atoms with van der Waals surface area (Å²) in [6.07, 6.45) is -1.15. The summed E-state index contributed by atoms with van der Waals surface area (Å²) in [7, 11) is -4.25. The smallest absolute Gasteiger partial charge is 0.787 e. The van der Waals surface area contributed by atoms with Gasteiger partial charge in [-0.2, -0.15) is 0 Å². The van der Waals surface area contributed by atoms with Crippen LogP contribution in [-0.4, -0.2) is 30.9 Å². The van der Waals surface area contributed by atoms with Crippen LogP contribution in [-0.2, 0) is 20.7 Å². The molecule has 0 spiro atoms. The number of carbonyl (C=O) groups excluding carboxylic acids is 2. The Labute approximate surface area is 191 Å². The summed E-state index contributed by atoms with van der Waals surface area (Å²) in [5.74, 6) is -0.270. The molecule has 30 heavy (non-hydrogen) atoms. The van der Waals surface area contributed by atoms with Crippen LogP contribution < -0.4 is 39.5 Å². The van der Waals surface area contributed by atoms with Gasteiger partial charge >= 0.3 is 25.0 Å². The topological polar surface area (TPSA) is 120 Å². The van der Waals surface area contributed by atoms with Gasteiger partial charge in [-0.25, -0.2) is 4.79 Å². The first-order chi connectivity index (χ1) is 13.4. The van der Waals surface area contributed by atoms with Gasteiger partial charge in [-0.15, -0.1) is 0 Å². The van der Waals surface area contributed by atoms with Crippen molar-refractivity contribution in [1.82, 2.24) is 15.7 Å². The summed E-state index contributed by atoms with van der Waals surface area (Å²) in [5, 5.41) is 7.40. The van der Waals surface area contributed by atoms with Gasteiger partial charge in [0.15, 0.2) is 0 Å². The number of hydrogen-bond donors (Lipinski definition) is 3. The van der Waals surface area contributed by atoms with Crippen LogP contribution in [0.5, 0.6) is 0 Å². The summed E-state index contributed by atoms with van der Waals surface area (Å²) < 4.78 is 17.4. The van der Waals surface area contributed by atoms with E-state index < -0.39 is 25.9 Å². The number of alkyl carbamates (subject to hydrolysis) is 1. The first-order valence-electron chi connectivity index (χ1n) is 9.68. The standard InChI is InChI=1S/C20H34N3O5P.Li/c1-15(2)11-17(18(24)21-13-20(3,4)5)23-29(26,27)14-22-19(25)28-12-16-9-7-6-8-10-16;/h6-10,15,17H,11-14H2,1-5H3,(H,21,24)(H,22,25)(H2,23,26,27);/q;+1/p-1/t17-;/m0./s1. The molecular formula is C20H33LiN3O5P. The van der Waals surface area contributed by atoms with Gasteiger partial charge in [-0.1, -0.05) is 65.0 Å². The number of ether oxygens (including phenoxy) is 1. The van der Waals surface area contributed by atoms with E-state index in [4.69, 9.17) is 4.74 Å². The molecule has 0 heterocycles. The Hall–Kier alpha value is -1.29. The van der Waals surface area contributed by atoms with E-state index in [0.717, 1.165) is 5.56 Å². The Balaban J connectivity index is 0.00000841. The van der Waals surface area contributed by atoms with Crippen molar-refractivity contribution in [3.63, 3.8) is 0 Å². The maximum absolute atomic E-state index is 12.5. The predicted molar refractivity (Wildman–Crippen MR) is 111 cm³/mol. The third kappa shape index (κ3) is 13.1. The van der Waals surface area contributed by atoms with E-state index >= 15 is 0 Å². The van der Waals surface area contributed by atoms with Crippen molar-refractivity contribution >= 4 is 19.5 Å². The first kappa shape index (κ1) is 28.7. The van der Waals surface area contributed by atoms with Gasteiger partial charge in [0.1, 0.15) is 6.61 Å². The zero-order valence-electron chi connectivity index (χ0n) is 18.9. The Morgan fingerprint density at radius 2 is 1.73 bits per heavy atom. The Morgan fingerprint density at radius 1 is 1.13 bits per heavy atom. The molecule has 0 aliphatic carbocycles. The van der Waals surface area contributed by atoms with Crippen molar-refractivity contribution in [3.05, 3.63) is 35.9 Å². The predicted octanol–water partition coefficient (Wildman–Crippen LogP) is -0.406. The molecule has 0 saturated heterocycles. The molecule has 10 heteroatoms. The molecule has 2 atom stereocenters. The van der Waals surface area contributed by atoms with E-state index in [1.807, 2.05) is 52.8 Å². The molecule has 8 nitrogen and oxygen atoms in total. The summed E-state index contributed by atoms with van der Waals surface area (Å²) in [6, 6.07) is 8.15.